The maximum absolute atomic E-state index is 12.8. The molecule has 2 aliphatic heterocycles. The molecule has 160 valence electrons. The van der Waals surface area contributed by atoms with E-state index in [9.17, 15) is 26.4 Å². The summed E-state index contributed by atoms with van der Waals surface area (Å²) in [5.41, 5.74) is -7.46. The summed E-state index contributed by atoms with van der Waals surface area (Å²) in [6.07, 6.45) is 0.804. The molecule has 0 saturated carbocycles. The Morgan fingerprint density at radius 2 is 1.86 bits per heavy atom. The van der Waals surface area contributed by atoms with E-state index in [0.717, 1.165) is 0 Å². The number of hydrogen-bond donors (Lipinski definition) is 0. The number of ether oxygens (including phenoxy) is 2. The molecule has 1 spiro atoms. The molecule has 1 saturated heterocycles. The molecular weight excluding hydrogens is 415 g/mol. The monoisotopic (exact) mass is 435 g/mol. The molecule has 2 heterocycles. The average molecular weight is 435 g/mol. The fourth-order valence-corrected chi connectivity index (χ4v) is 3.52. The van der Waals surface area contributed by atoms with E-state index in [0.29, 0.717) is 0 Å². The first-order valence-corrected chi connectivity index (χ1v) is 10.1. The number of para-hydroxylation sites is 1. The number of hydrogen-bond acceptors (Lipinski definition) is 6. The fraction of sp³-hybridized carbons (Fsp3) is 0.500. The highest BCUT2D eigenvalue weighted by Crippen LogP contribution is 2.42. The highest BCUT2D eigenvalue weighted by atomic mass is 32.2. The molecule has 0 bridgehead atoms. The lowest BCUT2D eigenvalue weighted by Gasteiger charge is -2.33. The van der Waals surface area contributed by atoms with Crippen LogP contribution in [0.5, 0.6) is 5.75 Å². The second kappa shape index (κ2) is 6.82. The van der Waals surface area contributed by atoms with Gasteiger partial charge in [0.1, 0.15) is 11.4 Å². The zero-order valence-corrected chi connectivity index (χ0v) is 16.8. The quantitative estimate of drug-likeness (QED) is 0.521. The normalized spacial score (nSPS) is 22.0. The van der Waals surface area contributed by atoms with Crippen LogP contribution >= 0.6 is 0 Å². The number of benzene rings is 1. The summed E-state index contributed by atoms with van der Waals surface area (Å²) >= 11 is 0. The van der Waals surface area contributed by atoms with Crippen LogP contribution in [0.4, 0.5) is 18.0 Å². The lowest BCUT2D eigenvalue weighted by atomic mass is 9.96. The molecule has 3 rings (SSSR count). The van der Waals surface area contributed by atoms with Crippen LogP contribution in [0.15, 0.2) is 30.3 Å². The number of carbonyl (C=O) groups excluding carboxylic acids is 1. The first-order valence-electron chi connectivity index (χ1n) is 8.71. The third kappa shape index (κ3) is 4.44. The maximum Gasteiger partial charge on any atom is 0.534 e. The van der Waals surface area contributed by atoms with Gasteiger partial charge in [0, 0.05) is 19.0 Å². The molecule has 7 nitrogen and oxygen atoms in total. The Labute approximate surface area is 166 Å². The van der Waals surface area contributed by atoms with Crippen LogP contribution < -0.4 is 4.74 Å². The first kappa shape index (κ1) is 21.3. The van der Waals surface area contributed by atoms with Crippen molar-refractivity contribution in [2.75, 3.05) is 13.1 Å². The highest BCUT2D eigenvalue weighted by molar-refractivity contribution is 7.87. The molecule has 1 aromatic carbocycles. The molecule has 0 radical (unpaired) electrons. The molecule has 1 fully saturated rings. The van der Waals surface area contributed by atoms with Crippen LogP contribution in [-0.2, 0) is 19.0 Å². The molecule has 0 N–H and O–H groups in total. The number of nitrogens with zero attached hydrogens (tertiary/aromatic N) is 1. The second-order valence-electron chi connectivity index (χ2n) is 7.81. The van der Waals surface area contributed by atoms with Gasteiger partial charge in [-0.15, -0.1) is 0 Å². The molecule has 1 atom stereocenters. The number of likely N-dealkylation sites (tertiary alicyclic amines) is 1. The van der Waals surface area contributed by atoms with E-state index in [1.54, 1.807) is 26.8 Å². The Kier molecular flexibility index (Phi) is 5.01. The summed E-state index contributed by atoms with van der Waals surface area (Å²) < 4.78 is 77.2. The molecule has 0 aromatic heterocycles. The van der Waals surface area contributed by atoms with Crippen molar-refractivity contribution in [3.8, 4) is 5.75 Å². The summed E-state index contributed by atoms with van der Waals surface area (Å²) in [5, 5.41) is 0. The van der Waals surface area contributed by atoms with E-state index in [-0.39, 0.29) is 30.8 Å². The van der Waals surface area contributed by atoms with E-state index in [4.69, 9.17) is 9.47 Å². The minimum atomic E-state index is -5.87. The van der Waals surface area contributed by atoms with E-state index in [1.807, 2.05) is 0 Å². The largest absolute Gasteiger partial charge is 0.534 e. The van der Waals surface area contributed by atoms with Crippen LogP contribution in [0.2, 0.25) is 0 Å². The van der Waals surface area contributed by atoms with Crippen molar-refractivity contribution in [2.24, 2.45) is 0 Å². The van der Waals surface area contributed by atoms with Gasteiger partial charge in [-0.1, -0.05) is 12.1 Å². The van der Waals surface area contributed by atoms with Crippen LogP contribution in [0.1, 0.15) is 32.8 Å². The predicted molar refractivity (Wildman–Crippen MR) is 96.3 cm³/mol. The van der Waals surface area contributed by atoms with E-state index < -0.39 is 38.7 Å². The average Bonchev–Trinajstić information content (AvgIpc) is 2.95. The van der Waals surface area contributed by atoms with Gasteiger partial charge < -0.3 is 18.6 Å². The van der Waals surface area contributed by atoms with Crippen molar-refractivity contribution in [1.29, 1.82) is 0 Å². The maximum atomic E-state index is 12.8. The number of rotatable bonds is 2. The summed E-state index contributed by atoms with van der Waals surface area (Å²) in [7, 11) is -5.87. The van der Waals surface area contributed by atoms with Gasteiger partial charge in [0.2, 0.25) is 0 Å². The zero-order chi connectivity index (χ0) is 21.7. The van der Waals surface area contributed by atoms with E-state index >= 15 is 0 Å². The predicted octanol–water partition coefficient (Wildman–Crippen LogP) is 3.67. The lowest BCUT2D eigenvalue weighted by Crippen LogP contribution is -2.42. The van der Waals surface area contributed by atoms with E-state index in [1.165, 1.54) is 29.2 Å². The number of halogens is 3. The number of carbonyl (C=O) groups is 1. The van der Waals surface area contributed by atoms with Crippen molar-refractivity contribution >= 4 is 22.0 Å². The summed E-state index contributed by atoms with van der Waals surface area (Å²) in [6, 6.07) is 5.98. The van der Waals surface area contributed by atoms with Crippen molar-refractivity contribution in [3.05, 3.63) is 35.9 Å². The lowest BCUT2D eigenvalue weighted by molar-refractivity contribution is -0.0510. The fourth-order valence-electron chi connectivity index (χ4n) is 3.05. The van der Waals surface area contributed by atoms with Crippen molar-refractivity contribution in [2.45, 2.75) is 43.9 Å². The Morgan fingerprint density at radius 3 is 2.48 bits per heavy atom. The Hall–Kier alpha value is -2.43. The third-order valence-corrected chi connectivity index (χ3v) is 5.22. The van der Waals surface area contributed by atoms with Gasteiger partial charge >= 0.3 is 21.7 Å². The first-order chi connectivity index (χ1) is 13.2. The Morgan fingerprint density at radius 1 is 1.21 bits per heavy atom. The summed E-state index contributed by atoms with van der Waals surface area (Å²) in [4.78, 5) is 13.7. The minimum absolute atomic E-state index is 0.0326. The van der Waals surface area contributed by atoms with Gasteiger partial charge in [0.25, 0.3) is 0 Å². The molecular formula is C18H20F3NO6S. The Bertz CT molecular complexity index is 951. The van der Waals surface area contributed by atoms with E-state index in [2.05, 4.69) is 4.18 Å². The molecule has 0 aliphatic carbocycles. The number of fused-ring (bicyclic) bond motifs is 1. The summed E-state index contributed by atoms with van der Waals surface area (Å²) in [6.45, 7) is 5.30. The standard InChI is InChI=1S/C18H20F3NO6S/c1-16(2,3)27-15(23)22-9-8-17(11-22)10-14(28-29(24,25)18(19,20)21)12-6-4-5-7-13(12)26-17/h4-7,10H,8-9,11H2,1-3H3. The van der Waals surface area contributed by atoms with Crippen molar-refractivity contribution < 1.29 is 40.0 Å². The van der Waals surface area contributed by atoms with Gasteiger partial charge in [-0.05, 0) is 32.9 Å². The summed E-state index contributed by atoms with van der Waals surface area (Å²) in [5.74, 6) is -0.330. The Balaban J connectivity index is 1.93. The molecule has 1 amide bonds. The molecule has 1 unspecified atom stereocenters. The van der Waals surface area contributed by atoms with Crippen LogP contribution in [0, 0.1) is 0 Å². The van der Waals surface area contributed by atoms with Gasteiger partial charge in [-0.3, -0.25) is 0 Å². The SMILES string of the molecule is CC(C)(C)OC(=O)N1CCC2(C=C(OS(=O)(=O)C(F)(F)F)c3ccccc3O2)C1. The van der Waals surface area contributed by atoms with Crippen LogP contribution in [-0.4, -0.2) is 49.2 Å². The smallest absolute Gasteiger partial charge is 0.480 e. The van der Waals surface area contributed by atoms with Crippen molar-refractivity contribution in [1.82, 2.24) is 4.90 Å². The van der Waals surface area contributed by atoms with Gasteiger partial charge in [0.05, 0.1) is 12.1 Å². The number of alkyl halides is 3. The molecule has 2 aliphatic rings. The van der Waals surface area contributed by atoms with Crippen molar-refractivity contribution in [3.63, 3.8) is 0 Å². The molecule has 1 aromatic rings. The van der Waals surface area contributed by atoms with Crippen LogP contribution in [0.3, 0.4) is 0 Å². The zero-order valence-electron chi connectivity index (χ0n) is 15.9. The van der Waals surface area contributed by atoms with Gasteiger partial charge in [-0.2, -0.15) is 21.6 Å². The van der Waals surface area contributed by atoms with Gasteiger partial charge in [0.15, 0.2) is 11.4 Å². The second-order valence-corrected chi connectivity index (χ2v) is 9.34. The highest BCUT2D eigenvalue weighted by Gasteiger charge is 2.51. The number of amides is 1. The third-order valence-electron chi connectivity index (χ3n) is 4.26. The molecule has 11 heteroatoms. The minimum Gasteiger partial charge on any atom is -0.480 e. The topological polar surface area (TPSA) is 82.1 Å². The van der Waals surface area contributed by atoms with Gasteiger partial charge in [-0.25, -0.2) is 4.79 Å². The molecule has 29 heavy (non-hydrogen) atoms. The van der Waals surface area contributed by atoms with Crippen LogP contribution in [0.25, 0.3) is 5.76 Å².